The highest BCUT2D eigenvalue weighted by Gasteiger charge is 2.17. The van der Waals surface area contributed by atoms with Gasteiger partial charge in [0, 0.05) is 0 Å². The zero-order chi connectivity index (χ0) is 13.2. The van der Waals surface area contributed by atoms with Crippen LogP contribution in [0.2, 0.25) is 13.1 Å². The maximum absolute atomic E-state index is 6.21. The minimum Gasteiger partial charge on any atom is -0.348 e. The summed E-state index contributed by atoms with van der Waals surface area (Å²) in [4.78, 5) is 0. The van der Waals surface area contributed by atoms with Crippen LogP contribution in [-0.2, 0) is 0 Å². The lowest BCUT2D eigenvalue weighted by atomic mass is 10.00. The molecule has 2 aromatic carbocycles. The first kappa shape index (κ1) is 12.8. The van der Waals surface area contributed by atoms with Crippen LogP contribution in [0.4, 0.5) is 0 Å². The zero-order valence-electron chi connectivity index (χ0n) is 11.0. The molecular weight excluding hydrogens is 234 g/mol. The van der Waals surface area contributed by atoms with Crippen molar-refractivity contribution in [1.29, 1.82) is 0 Å². The van der Waals surface area contributed by atoms with Crippen molar-refractivity contribution in [3.63, 3.8) is 0 Å². The van der Waals surface area contributed by atoms with Crippen molar-refractivity contribution in [2.75, 3.05) is 0 Å². The summed E-state index contributed by atoms with van der Waals surface area (Å²) in [6.07, 6.45) is 0. The predicted molar refractivity (Wildman–Crippen MR) is 82.3 cm³/mol. The summed E-state index contributed by atoms with van der Waals surface area (Å²) in [5.74, 6) is 0. The summed E-state index contributed by atoms with van der Waals surface area (Å²) in [6.45, 7) is 8.46. The van der Waals surface area contributed by atoms with E-state index in [-0.39, 0.29) is 0 Å². The van der Waals surface area contributed by atoms with Crippen LogP contribution >= 0.6 is 0 Å². The van der Waals surface area contributed by atoms with Gasteiger partial charge >= 0.3 is 0 Å². The average Bonchev–Trinajstić information content (AvgIpc) is 2.38. The number of rotatable bonds is 3. The fourth-order valence-electron chi connectivity index (χ4n) is 1.91. The molecule has 0 atom stereocenters. The van der Waals surface area contributed by atoms with Crippen molar-refractivity contribution in [2.24, 2.45) is 5.40 Å². The highest BCUT2D eigenvalue weighted by molar-refractivity contribution is 6.87. The van der Waals surface area contributed by atoms with Gasteiger partial charge in [-0.3, -0.25) is 0 Å². The fraction of sp³-hybridized carbons (Fsp3) is 0.125. The molecule has 0 saturated carbocycles. The number of hydrogen-bond acceptors (Lipinski definition) is 1. The van der Waals surface area contributed by atoms with Crippen molar-refractivity contribution in [3.8, 4) is 0 Å². The van der Waals surface area contributed by atoms with Crippen LogP contribution in [0.3, 0.4) is 0 Å². The Kier molecular flexibility index (Phi) is 3.50. The van der Waals surface area contributed by atoms with E-state index < -0.39 is 8.24 Å². The van der Waals surface area contributed by atoms with Crippen molar-refractivity contribution in [2.45, 2.75) is 13.1 Å². The maximum Gasteiger partial charge on any atom is 0.148 e. The molecule has 1 nitrogen and oxygen atoms in total. The monoisotopic (exact) mass is 253 g/mol. The highest BCUT2D eigenvalue weighted by Crippen LogP contribution is 2.20. The third kappa shape index (κ3) is 2.78. The Hall–Kier alpha value is -1.64. The van der Waals surface area contributed by atoms with Crippen molar-refractivity contribution in [1.82, 2.24) is 0 Å². The van der Waals surface area contributed by atoms with E-state index in [1.807, 2.05) is 18.2 Å². The Morgan fingerprint density at radius 1 is 0.889 bits per heavy atom. The van der Waals surface area contributed by atoms with Crippen LogP contribution in [0, 0.1) is 0 Å². The van der Waals surface area contributed by atoms with Gasteiger partial charge in [0.15, 0.2) is 0 Å². The molecule has 0 heterocycles. The summed E-state index contributed by atoms with van der Waals surface area (Å²) in [7, 11) is -1.70. The lowest BCUT2D eigenvalue weighted by Crippen LogP contribution is -2.51. The molecule has 2 rings (SSSR count). The summed E-state index contributed by atoms with van der Waals surface area (Å²) in [5, 5.41) is 7.48. The quantitative estimate of drug-likeness (QED) is 0.836. The van der Waals surface area contributed by atoms with E-state index in [2.05, 4.69) is 56.1 Å². The molecule has 2 heteroatoms. The van der Waals surface area contributed by atoms with E-state index in [0.29, 0.717) is 0 Å². The largest absolute Gasteiger partial charge is 0.348 e. The Labute approximate surface area is 110 Å². The van der Waals surface area contributed by atoms with Gasteiger partial charge in [-0.25, -0.2) is 0 Å². The van der Waals surface area contributed by atoms with Crippen LogP contribution in [0.15, 0.2) is 61.2 Å². The van der Waals surface area contributed by atoms with E-state index in [9.17, 15) is 0 Å². The molecule has 0 aliphatic carbocycles. The van der Waals surface area contributed by atoms with Gasteiger partial charge in [0.05, 0.1) is 0 Å². The van der Waals surface area contributed by atoms with Gasteiger partial charge < -0.3 is 5.40 Å². The summed E-state index contributed by atoms with van der Waals surface area (Å²) >= 11 is 0. The van der Waals surface area contributed by atoms with Gasteiger partial charge in [-0.2, -0.15) is 0 Å². The molecule has 0 aliphatic rings. The van der Waals surface area contributed by atoms with Crippen LogP contribution in [-0.4, -0.2) is 8.24 Å². The van der Waals surface area contributed by atoms with Crippen LogP contribution in [0.1, 0.15) is 11.1 Å². The predicted octanol–water partition coefficient (Wildman–Crippen LogP) is 3.12. The van der Waals surface area contributed by atoms with Crippen LogP contribution in [0.25, 0.3) is 5.57 Å². The van der Waals surface area contributed by atoms with Gasteiger partial charge in [0.2, 0.25) is 0 Å². The molecule has 0 amide bonds. The fourth-order valence-corrected chi connectivity index (χ4v) is 2.93. The van der Waals surface area contributed by atoms with Crippen LogP contribution in [0.5, 0.6) is 0 Å². The first-order valence-corrected chi connectivity index (χ1v) is 9.20. The molecule has 0 bridgehead atoms. The molecule has 0 aliphatic heterocycles. The highest BCUT2D eigenvalue weighted by atomic mass is 28.3. The molecule has 0 radical (unpaired) electrons. The van der Waals surface area contributed by atoms with Gasteiger partial charge in [-0.05, 0) is 21.9 Å². The molecule has 2 aromatic rings. The second-order valence-corrected chi connectivity index (χ2v) is 9.16. The third-order valence-corrected chi connectivity index (χ3v) is 4.92. The SMILES string of the molecule is C=C(c1ccccc1)c1ccc([Si](C)(C)N)cc1. The Balaban J connectivity index is 2.28. The minimum atomic E-state index is -1.70. The van der Waals surface area contributed by atoms with E-state index in [0.717, 1.165) is 16.7 Å². The van der Waals surface area contributed by atoms with Gasteiger partial charge in [0.25, 0.3) is 0 Å². The molecule has 0 fully saturated rings. The molecule has 0 spiro atoms. The summed E-state index contributed by atoms with van der Waals surface area (Å²) < 4.78 is 0. The summed E-state index contributed by atoms with van der Waals surface area (Å²) in [5.41, 5.74) is 3.37. The lowest BCUT2D eigenvalue weighted by Gasteiger charge is -2.16. The van der Waals surface area contributed by atoms with Crippen molar-refractivity contribution >= 4 is 19.0 Å². The third-order valence-electron chi connectivity index (χ3n) is 3.10. The van der Waals surface area contributed by atoms with Gasteiger partial charge in [-0.15, -0.1) is 0 Å². The molecule has 92 valence electrons. The van der Waals surface area contributed by atoms with Crippen molar-refractivity contribution < 1.29 is 0 Å². The number of benzene rings is 2. The molecule has 0 unspecified atom stereocenters. The molecule has 2 N–H and O–H groups in total. The van der Waals surface area contributed by atoms with Gasteiger partial charge in [0.1, 0.15) is 8.24 Å². The molecule has 0 aromatic heterocycles. The second kappa shape index (κ2) is 4.92. The van der Waals surface area contributed by atoms with Crippen molar-refractivity contribution in [3.05, 3.63) is 72.3 Å². The molecular formula is C16H19NSi. The molecule has 18 heavy (non-hydrogen) atoms. The number of hydrogen-bond donors (Lipinski definition) is 1. The van der Waals surface area contributed by atoms with E-state index >= 15 is 0 Å². The van der Waals surface area contributed by atoms with Gasteiger partial charge in [-0.1, -0.05) is 74.3 Å². The van der Waals surface area contributed by atoms with E-state index in [1.54, 1.807) is 0 Å². The lowest BCUT2D eigenvalue weighted by molar-refractivity contribution is 1.55. The van der Waals surface area contributed by atoms with E-state index in [1.165, 1.54) is 5.19 Å². The molecule has 0 saturated heterocycles. The first-order valence-electron chi connectivity index (χ1n) is 6.12. The zero-order valence-corrected chi connectivity index (χ0v) is 12.0. The summed E-state index contributed by atoms with van der Waals surface area (Å²) in [6, 6.07) is 18.7. The minimum absolute atomic E-state index is 1.05. The Morgan fingerprint density at radius 2 is 1.39 bits per heavy atom. The average molecular weight is 253 g/mol. The second-order valence-electron chi connectivity index (χ2n) is 5.14. The topological polar surface area (TPSA) is 26.0 Å². The number of nitrogens with two attached hydrogens (primary N) is 1. The smallest absolute Gasteiger partial charge is 0.148 e. The standard InChI is InChI=1S/C16H19NSi/c1-13(14-7-5-4-6-8-14)15-9-11-16(12-10-15)18(2,3)17/h4-12H,1,17H2,2-3H3. The van der Waals surface area contributed by atoms with E-state index in [4.69, 9.17) is 5.40 Å². The Morgan fingerprint density at radius 3 is 1.89 bits per heavy atom. The first-order chi connectivity index (χ1) is 8.48. The van der Waals surface area contributed by atoms with Crippen LogP contribution < -0.4 is 10.6 Å². The maximum atomic E-state index is 6.21. The Bertz CT molecular complexity index is 536. The normalized spacial score (nSPS) is 11.3.